The summed E-state index contributed by atoms with van der Waals surface area (Å²) in [6.07, 6.45) is -0.0923. The maximum absolute atomic E-state index is 12.9. The highest BCUT2D eigenvalue weighted by atomic mass is 32.2. The van der Waals surface area contributed by atoms with Gasteiger partial charge in [0.2, 0.25) is 0 Å². The number of rotatable bonds is 9. The maximum Gasteiger partial charge on any atom is 0.188 e. The van der Waals surface area contributed by atoms with Gasteiger partial charge in [0.25, 0.3) is 0 Å². The predicted molar refractivity (Wildman–Crippen MR) is 167 cm³/mol. The molecule has 43 heavy (non-hydrogen) atoms. The predicted octanol–water partition coefficient (Wildman–Crippen LogP) is 5.90. The number of para-hydroxylation sites is 2. The van der Waals surface area contributed by atoms with Crippen molar-refractivity contribution in [3.05, 3.63) is 103 Å². The van der Waals surface area contributed by atoms with Crippen LogP contribution in [0.25, 0.3) is 11.0 Å². The van der Waals surface area contributed by atoms with E-state index in [2.05, 4.69) is 22.3 Å². The lowest BCUT2D eigenvalue weighted by molar-refractivity contribution is 0.0398. The van der Waals surface area contributed by atoms with E-state index in [-0.39, 0.29) is 17.7 Å². The summed E-state index contributed by atoms with van der Waals surface area (Å²) in [7, 11) is 3.12. The molecular formula is C32H30N5O5S-. The molecule has 0 bridgehead atoms. The van der Waals surface area contributed by atoms with Gasteiger partial charge >= 0.3 is 0 Å². The lowest BCUT2D eigenvalue weighted by Gasteiger charge is -2.35. The smallest absolute Gasteiger partial charge is 0.188 e. The monoisotopic (exact) mass is 596 g/mol. The molecule has 4 aromatic carbocycles. The van der Waals surface area contributed by atoms with E-state index in [9.17, 15) is 8.76 Å². The summed E-state index contributed by atoms with van der Waals surface area (Å²) in [5.41, 5.74) is 4.14. The standard InChI is InChI=1S/C32H31N5O5S/c1-40-26-17-23(18-27(20-26)41-2)33-31-32(35-29-14-7-6-13-28(29)34-31)37(43(38)39)25-12-8-11-24(19-25)36-15-16-42-30(21-36)22-9-4-3-5-10-22/h3-14,17-20,30H,15-16,21H2,1-2H3,(H,33,34)(H,38,39)/p-1. The summed E-state index contributed by atoms with van der Waals surface area (Å²) >= 11 is -2.73. The van der Waals surface area contributed by atoms with Crippen molar-refractivity contribution >= 4 is 51.0 Å². The Kier molecular flexibility index (Phi) is 8.36. The van der Waals surface area contributed by atoms with Crippen LogP contribution in [0, 0.1) is 0 Å². The van der Waals surface area contributed by atoms with E-state index >= 15 is 0 Å². The first-order valence-corrected chi connectivity index (χ1v) is 14.7. The SMILES string of the molecule is COc1cc(Nc2nc3ccccc3nc2N(c2cccc(N3CCOC(c4ccccc4)C3)c2)S(=O)[O-])cc(OC)c1. The molecule has 0 amide bonds. The van der Waals surface area contributed by atoms with E-state index in [0.717, 1.165) is 15.6 Å². The Balaban J connectivity index is 1.39. The van der Waals surface area contributed by atoms with Gasteiger partial charge in [-0.05, 0) is 35.9 Å². The number of methoxy groups -OCH3 is 2. The number of benzene rings is 4. The number of nitrogens with zero attached hydrogens (tertiary/aromatic N) is 4. The van der Waals surface area contributed by atoms with E-state index in [4.69, 9.17) is 24.2 Å². The van der Waals surface area contributed by atoms with Crippen LogP contribution in [-0.2, 0) is 16.0 Å². The highest BCUT2D eigenvalue weighted by Gasteiger charge is 2.24. The normalized spacial score (nSPS) is 15.6. The minimum absolute atomic E-state index is 0.0923. The minimum atomic E-state index is -2.73. The molecule has 2 unspecified atom stereocenters. The van der Waals surface area contributed by atoms with Crippen LogP contribution in [0.5, 0.6) is 11.5 Å². The lowest BCUT2D eigenvalue weighted by atomic mass is 10.1. The fraction of sp³-hybridized carbons (Fsp3) is 0.188. The summed E-state index contributed by atoms with van der Waals surface area (Å²) in [6, 6.07) is 30.1. The minimum Gasteiger partial charge on any atom is -0.755 e. The molecule has 1 N–H and O–H groups in total. The van der Waals surface area contributed by atoms with Crippen molar-refractivity contribution in [2.75, 3.05) is 48.4 Å². The molecule has 11 heteroatoms. The molecule has 1 aliphatic rings. The van der Waals surface area contributed by atoms with Crippen molar-refractivity contribution in [3.63, 3.8) is 0 Å². The zero-order valence-electron chi connectivity index (χ0n) is 23.7. The number of anilines is 5. The summed E-state index contributed by atoms with van der Waals surface area (Å²) in [5.74, 6) is 1.50. The summed E-state index contributed by atoms with van der Waals surface area (Å²) in [6.45, 7) is 1.86. The number of morpholine rings is 1. The molecule has 10 nitrogen and oxygen atoms in total. The Morgan fingerprint density at radius 3 is 2.30 bits per heavy atom. The van der Waals surface area contributed by atoms with Crippen molar-refractivity contribution in [2.24, 2.45) is 0 Å². The average Bonchev–Trinajstić information content (AvgIpc) is 3.05. The molecule has 6 rings (SSSR count). The van der Waals surface area contributed by atoms with Crippen LogP contribution in [-0.4, -0.2) is 52.6 Å². The zero-order chi connectivity index (χ0) is 29.8. The van der Waals surface area contributed by atoms with Crippen LogP contribution in [0.1, 0.15) is 11.7 Å². The van der Waals surface area contributed by atoms with Gasteiger partial charge < -0.3 is 29.0 Å². The molecule has 1 aliphatic heterocycles. The van der Waals surface area contributed by atoms with Crippen molar-refractivity contribution in [1.82, 2.24) is 9.97 Å². The van der Waals surface area contributed by atoms with Gasteiger partial charge in [-0.3, -0.25) is 8.51 Å². The van der Waals surface area contributed by atoms with Gasteiger partial charge in [-0.2, -0.15) is 0 Å². The second-order valence-electron chi connectivity index (χ2n) is 9.86. The second-order valence-corrected chi connectivity index (χ2v) is 10.7. The Bertz CT molecular complexity index is 1730. The Hall–Kier alpha value is -4.71. The van der Waals surface area contributed by atoms with Gasteiger partial charge in [-0.15, -0.1) is 0 Å². The summed E-state index contributed by atoms with van der Waals surface area (Å²) in [5, 5.41) is 3.25. The molecule has 0 saturated carbocycles. The van der Waals surface area contributed by atoms with Crippen LogP contribution in [0.3, 0.4) is 0 Å². The van der Waals surface area contributed by atoms with Crippen molar-refractivity contribution in [2.45, 2.75) is 6.10 Å². The lowest BCUT2D eigenvalue weighted by Crippen LogP contribution is -2.38. The first kappa shape index (κ1) is 28.4. The van der Waals surface area contributed by atoms with Crippen molar-refractivity contribution in [1.29, 1.82) is 0 Å². The third kappa shape index (κ3) is 6.24. The van der Waals surface area contributed by atoms with E-state index < -0.39 is 11.3 Å². The van der Waals surface area contributed by atoms with Crippen molar-refractivity contribution in [3.8, 4) is 11.5 Å². The number of fused-ring (bicyclic) bond motifs is 1. The largest absolute Gasteiger partial charge is 0.755 e. The molecule has 5 aromatic rings. The molecule has 1 saturated heterocycles. The number of ether oxygens (including phenoxy) is 3. The van der Waals surface area contributed by atoms with Gasteiger partial charge in [0.1, 0.15) is 17.6 Å². The molecule has 0 radical (unpaired) electrons. The molecule has 2 heterocycles. The van der Waals surface area contributed by atoms with Crippen molar-refractivity contribution < 1.29 is 23.0 Å². The third-order valence-corrected chi connectivity index (χ3v) is 7.86. The number of hydrogen-bond donors (Lipinski definition) is 1. The Morgan fingerprint density at radius 1 is 0.907 bits per heavy atom. The molecule has 0 spiro atoms. The Labute approximate surface area is 252 Å². The number of hydrogen-bond acceptors (Lipinski definition) is 9. The Morgan fingerprint density at radius 2 is 1.60 bits per heavy atom. The quantitative estimate of drug-likeness (QED) is 0.208. The summed E-state index contributed by atoms with van der Waals surface area (Å²) in [4.78, 5) is 11.7. The van der Waals surface area contributed by atoms with Gasteiger partial charge in [0, 0.05) is 42.7 Å². The summed E-state index contributed by atoms with van der Waals surface area (Å²) < 4.78 is 43.9. The first-order valence-electron chi connectivity index (χ1n) is 13.7. The first-order chi connectivity index (χ1) is 21.0. The van der Waals surface area contributed by atoms with Gasteiger partial charge in [0.15, 0.2) is 11.6 Å². The number of aromatic nitrogens is 2. The van der Waals surface area contributed by atoms with Gasteiger partial charge in [0.05, 0.1) is 48.8 Å². The van der Waals surface area contributed by atoms with E-state index in [1.165, 1.54) is 0 Å². The molecule has 220 valence electrons. The van der Waals surface area contributed by atoms with Crippen LogP contribution >= 0.6 is 0 Å². The maximum atomic E-state index is 12.9. The molecule has 0 aliphatic carbocycles. The fourth-order valence-corrected chi connectivity index (χ4v) is 5.63. The van der Waals surface area contributed by atoms with Crippen LogP contribution < -0.4 is 24.0 Å². The van der Waals surface area contributed by atoms with E-state index in [1.54, 1.807) is 44.6 Å². The molecule has 2 atom stereocenters. The van der Waals surface area contributed by atoms with Crippen LogP contribution in [0.15, 0.2) is 97.1 Å². The topological polar surface area (TPSA) is 112 Å². The molecule has 1 aromatic heterocycles. The second kappa shape index (κ2) is 12.7. The van der Waals surface area contributed by atoms with E-state index in [1.807, 2.05) is 54.6 Å². The number of nitrogens with one attached hydrogen (secondary N) is 1. The molecular weight excluding hydrogens is 566 g/mol. The fourth-order valence-electron chi connectivity index (χ4n) is 5.08. The van der Waals surface area contributed by atoms with E-state index in [0.29, 0.717) is 53.6 Å². The zero-order valence-corrected chi connectivity index (χ0v) is 24.5. The highest BCUT2D eigenvalue weighted by Crippen LogP contribution is 2.37. The third-order valence-electron chi connectivity index (χ3n) is 7.17. The average molecular weight is 597 g/mol. The highest BCUT2D eigenvalue weighted by molar-refractivity contribution is 7.81. The van der Waals surface area contributed by atoms with Gasteiger partial charge in [-0.1, -0.05) is 48.5 Å². The van der Waals surface area contributed by atoms with Crippen LogP contribution in [0.2, 0.25) is 0 Å². The van der Waals surface area contributed by atoms with Crippen LogP contribution in [0.4, 0.5) is 28.7 Å². The molecule has 1 fully saturated rings. The van der Waals surface area contributed by atoms with Gasteiger partial charge in [-0.25, -0.2) is 9.97 Å².